The van der Waals surface area contributed by atoms with Crippen molar-refractivity contribution in [1.29, 1.82) is 0 Å². The van der Waals surface area contributed by atoms with Gasteiger partial charge in [-0.1, -0.05) is 30.3 Å². The maximum Gasteiger partial charge on any atom is 0.272 e. The summed E-state index contributed by atoms with van der Waals surface area (Å²) >= 11 is 0. The molecule has 0 aliphatic carbocycles. The fraction of sp³-hybridized carbons (Fsp3) is 0.375. The second-order valence-corrected chi connectivity index (χ2v) is 5.15. The number of amides is 1. The first-order chi connectivity index (χ1) is 10.1. The quantitative estimate of drug-likeness (QED) is 0.886. The molecule has 0 saturated heterocycles. The Bertz CT molecular complexity index is 597. The summed E-state index contributed by atoms with van der Waals surface area (Å²) in [7, 11) is 1.80. The van der Waals surface area contributed by atoms with Crippen molar-refractivity contribution in [2.45, 2.75) is 19.9 Å². The number of nitrogens with zero attached hydrogens (tertiary/aromatic N) is 3. The van der Waals surface area contributed by atoms with Crippen molar-refractivity contribution in [1.82, 2.24) is 14.7 Å². The molecule has 1 aromatic heterocycles. The fourth-order valence-electron chi connectivity index (χ4n) is 2.31. The van der Waals surface area contributed by atoms with E-state index < -0.39 is 0 Å². The van der Waals surface area contributed by atoms with E-state index in [0.717, 1.165) is 17.7 Å². The highest BCUT2D eigenvalue weighted by Crippen LogP contribution is 2.11. The first-order valence-electron chi connectivity index (χ1n) is 7.15. The van der Waals surface area contributed by atoms with Crippen molar-refractivity contribution in [3.63, 3.8) is 0 Å². The Labute approximate surface area is 137 Å². The second-order valence-electron chi connectivity index (χ2n) is 5.15. The van der Waals surface area contributed by atoms with E-state index in [0.29, 0.717) is 25.3 Å². The number of hydrogen-bond acceptors (Lipinski definition) is 3. The Morgan fingerprint density at radius 2 is 2.00 bits per heavy atom. The van der Waals surface area contributed by atoms with Gasteiger partial charge in [0.1, 0.15) is 5.69 Å². The normalized spacial score (nSPS) is 10.1. The van der Waals surface area contributed by atoms with Crippen molar-refractivity contribution in [3.8, 4) is 0 Å². The topological polar surface area (TPSA) is 64.2 Å². The molecule has 120 valence electrons. The van der Waals surface area contributed by atoms with Crippen LogP contribution in [0.1, 0.15) is 28.2 Å². The Kier molecular flexibility index (Phi) is 7.08. The van der Waals surface area contributed by atoms with Crippen LogP contribution in [0.5, 0.6) is 0 Å². The van der Waals surface area contributed by atoms with Crippen LogP contribution in [-0.4, -0.2) is 33.7 Å². The van der Waals surface area contributed by atoms with E-state index in [1.165, 1.54) is 0 Å². The second kappa shape index (κ2) is 8.56. The van der Waals surface area contributed by atoms with Crippen LogP contribution in [0, 0.1) is 6.92 Å². The molecule has 1 heterocycles. The molecule has 0 bridgehead atoms. The van der Waals surface area contributed by atoms with E-state index in [9.17, 15) is 4.79 Å². The third kappa shape index (κ3) is 4.58. The number of carbonyl (C=O) groups excluding carboxylic acids is 1. The first-order valence-corrected chi connectivity index (χ1v) is 7.15. The molecule has 6 heteroatoms. The predicted molar refractivity (Wildman–Crippen MR) is 90.0 cm³/mol. The highest BCUT2D eigenvalue weighted by Gasteiger charge is 2.19. The minimum atomic E-state index is -0.00426. The summed E-state index contributed by atoms with van der Waals surface area (Å²) in [6.07, 6.45) is 0.787. The summed E-state index contributed by atoms with van der Waals surface area (Å²) in [6, 6.07) is 11.8. The zero-order chi connectivity index (χ0) is 15.2. The SMILES string of the molecule is Cc1cc(C(=O)N(CCCN)Cc2ccccc2)n(C)n1.Cl. The fourth-order valence-corrected chi connectivity index (χ4v) is 2.31. The van der Waals surface area contributed by atoms with Crippen LogP contribution >= 0.6 is 12.4 Å². The lowest BCUT2D eigenvalue weighted by Gasteiger charge is -2.22. The van der Waals surface area contributed by atoms with Crippen molar-refractivity contribution < 1.29 is 4.79 Å². The van der Waals surface area contributed by atoms with E-state index in [4.69, 9.17) is 5.73 Å². The van der Waals surface area contributed by atoms with E-state index in [1.54, 1.807) is 11.7 Å². The highest BCUT2D eigenvalue weighted by molar-refractivity contribution is 5.92. The molecule has 0 aliphatic heterocycles. The van der Waals surface area contributed by atoms with Crippen molar-refractivity contribution >= 4 is 18.3 Å². The molecule has 22 heavy (non-hydrogen) atoms. The van der Waals surface area contributed by atoms with Gasteiger partial charge in [0.15, 0.2) is 0 Å². The van der Waals surface area contributed by atoms with Gasteiger partial charge in [0.2, 0.25) is 0 Å². The maximum absolute atomic E-state index is 12.7. The van der Waals surface area contributed by atoms with Crippen LogP contribution in [0.4, 0.5) is 0 Å². The average molecular weight is 323 g/mol. The smallest absolute Gasteiger partial charge is 0.272 e. The number of rotatable bonds is 6. The zero-order valence-corrected chi connectivity index (χ0v) is 13.8. The number of hydrogen-bond donors (Lipinski definition) is 1. The lowest BCUT2D eigenvalue weighted by Crippen LogP contribution is -2.33. The maximum atomic E-state index is 12.7. The van der Waals surface area contributed by atoms with Crippen LogP contribution < -0.4 is 5.73 Å². The third-order valence-electron chi connectivity index (χ3n) is 3.36. The molecule has 0 unspecified atom stereocenters. The molecule has 0 fully saturated rings. The van der Waals surface area contributed by atoms with Crippen LogP contribution in [0.15, 0.2) is 36.4 Å². The van der Waals surface area contributed by atoms with Crippen molar-refractivity contribution in [2.75, 3.05) is 13.1 Å². The molecule has 5 nitrogen and oxygen atoms in total. The number of benzene rings is 1. The molecule has 0 aliphatic rings. The molecule has 0 spiro atoms. The molecule has 0 radical (unpaired) electrons. The Morgan fingerprint density at radius 1 is 1.32 bits per heavy atom. The van der Waals surface area contributed by atoms with Crippen LogP contribution in [0.25, 0.3) is 0 Å². The molecular formula is C16H23ClN4O. The number of halogens is 1. The number of nitrogens with two attached hydrogens (primary N) is 1. The Balaban J connectivity index is 0.00000242. The van der Waals surface area contributed by atoms with Crippen LogP contribution in [0.2, 0.25) is 0 Å². The van der Waals surface area contributed by atoms with Gasteiger partial charge in [-0.15, -0.1) is 12.4 Å². The standard InChI is InChI=1S/C16H22N4O.ClH/c1-13-11-15(19(2)18-13)16(21)20(10-6-9-17)12-14-7-4-3-5-8-14;/h3-5,7-8,11H,6,9-10,12,17H2,1-2H3;1H. The molecule has 1 aromatic carbocycles. The lowest BCUT2D eigenvalue weighted by molar-refractivity contribution is 0.0731. The van der Waals surface area contributed by atoms with Gasteiger partial charge >= 0.3 is 0 Å². The minimum absolute atomic E-state index is 0. The van der Waals surface area contributed by atoms with Gasteiger partial charge < -0.3 is 10.6 Å². The van der Waals surface area contributed by atoms with E-state index in [1.807, 2.05) is 48.2 Å². The van der Waals surface area contributed by atoms with E-state index in [2.05, 4.69) is 5.10 Å². The van der Waals surface area contributed by atoms with Gasteiger partial charge in [-0.25, -0.2) is 0 Å². The minimum Gasteiger partial charge on any atom is -0.333 e. The first kappa shape index (κ1) is 18.2. The summed E-state index contributed by atoms with van der Waals surface area (Å²) < 4.78 is 1.64. The van der Waals surface area contributed by atoms with E-state index >= 15 is 0 Å². The molecule has 2 aromatic rings. The molecule has 0 saturated carbocycles. The van der Waals surface area contributed by atoms with Gasteiger partial charge in [-0.05, 0) is 31.5 Å². The average Bonchev–Trinajstić information content (AvgIpc) is 2.82. The van der Waals surface area contributed by atoms with Crippen LogP contribution in [0.3, 0.4) is 0 Å². The lowest BCUT2D eigenvalue weighted by atomic mass is 10.2. The molecule has 2 N–H and O–H groups in total. The van der Waals surface area contributed by atoms with E-state index in [-0.39, 0.29) is 18.3 Å². The Morgan fingerprint density at radius 3 is 2.55 bits per heavy atom. The summed E-state index contributed by atoms with van der Waals surface area (Å²) in [6.45, 7) is 3.69. The number of carbonyl (C=O) groups is 1. The largest absolute Gasteiger partial charge is 0.333 e. The van der Waals surface area contributed by atoms with Gasteiger partial charge in [-0.2, -0.15) is 5.10 Å². The summed E-state index contributed by atoms with van der Waals surface area (Å²) in [5, 5.41) is 4.25. The predicted octanol–water partition coefficient (Wildman–Crippen LogP) is 2.14. The van der Waals surface area contributed by atoms with Crippen molar-refractivity contribution in [2.24, 2.45) is 12.8 Å². The molecular weight excluding hydrogens is 300 g/mol. The Hall–Kier alpha value is -1.85. The molecule has 2 rings (SSSR count). The summed E-state index contributed by atoms with van der Waals surface area (Å²) in [5.74, 6) is -0.00426. The molecule has 1 amide bonds. The van der Waals surface area contributed by atoms with Gasteiger partial charge in [0.25, 0.3) is 5.91 Å². The highest BCUT2D eigenvalue weighted by atomic mass is 35.5. The molecule has 0 atom stereocenters. The van der Waals surface area contributed by atoms with Crippen molar-refractivity contribution in [3.05, 3.63) is 53.3 Å². The summed E-state index contributed by atoms with van der Waals surface area (Å²) in [4.78, 5) is 14.5. The van der Waals surface area contributed by atoms with Gasteiger partial charge in [0, 0.05) is 20.1 Å². The summed E-state index contributed by atoms with van der Waals surface area (Å²) in [5.41, 5.74) is 8.16. The number of aromatic nitrogens is 2. The van der Waals surface area contributed by atoms with Crippen LogP contribution in [-0.2, 0) is 13.6 Å². The number of aryl methyl sites for hydroxylation is 2. The van der Waals surface area contributed by atoms with Gasteiger partial charge in [-0.3, -0.25) is 9.48 Å². The monoisotopic (exact) mass is 322 g/mol. The van der Waals surface area contributed by atoms with Gasteiger partial charge in [0.05, 0.1) is 5.69 Å². The third-order valence-corrected chi connectivity index (χ3v) is 3.36. The zero-order valence-electron chi connectivity index (χ0n) is 13.0.